The molecule has 0 amide bonds. The van der Waals surface area contributed by atoms with E-state index in [1.165, 1.54) is 37.9 Å². The Morgan fingerprint density at radius 3 is 2.67 bits per heavy atom. The van der Waals surface area contributed by atoms with Crippen molar-refractivity contribution in [3.8, 4) is 5.75 Å². The molecule has 1 fully saturated rings. The van der Waals surface area contributed by atoms with Crippen LogP contribution in [-0.2, 0) is 0 Å². The lowest BCUT2D eigenvalue weighted by Gasteiger charge is -2.25. The molecule has 3 nitrogen and oxygen atoms in total. The van der Waals surface area contributed by atoms with Gasteiger partial charge in [0.15, 0.2) is 0 Å². The fraction of sp³-hybridized carbons (Fsp3) is 0.667. The molecule has 1 aliphatic rings. The van der Waals surface area contributed by atoms with Crippen molar-refractivity contribution in [2.75, 3.05) is 33.3 Å². The third-order valence-corrected chi connectivity index (χ3v) is 4.48. The molecule has 1 saturated heterocycles. The summed E-state index contributed by atoms with van der Waals surface area (Å²) in [6.45, 7) is 9.11. The first-order chi connectivity index (χ1) is 10.3. The normalized spacial score (nSPS) is 20.6. The van der Waals surface area contributed by atoms with Crippen molar-refractivity contribution in [1.29, 1.82) is 0 Å². The summed E-state index contributed by atoms with van der Waals surface area (Å²) in [4.78, 5) is 2.62. The molecule has 1 heterocycles. The van der Waals surface area contributed by atoms with Gasteiger partial charge in [-0.3, -0.25) is 0 Å². The number of likely N-dealkylation sites (tertiary alicyclic amines) is 1. The summed E-state index contributed by atoms with van der Waals surface area (Å²) in [5, 5.41) is 3.63. The lowest BCUT2D eigenvalue weighted by atomic mass is 10.0. The van der Waals surface area contributed by atoms with Crippen LogP contribution in [0.3, 0.4) is 0 Å². The Morgan fingerprint density at radius 1 is 1.29 bits per heavy atom. The van der Waals surface area contributed by atoms with E-state index in [1.54, 1.807) is 7.11 Å². The zero-order valence-electron chi connectivity index (χ0n) is 13.8. The van der Waals surface area contributed by atoms with Crippen molar-refractivity contribution in [3.05, 3.63) is 29.8 Å². The number of likely N-dealkylation sites (N-methyl/N-ethyl adjacent to an activating group) is 1. The number of hydrogen-bond acceptors (Lipinski definition) is 3. The van der Waals surface area contributed by atoms with Crippen LogP contribution in [-0.4, -0.2) is 38.2 Å². The Morgan fingerprint density at radius 2 is 2.05 bits per heavy atom. The second-order valence-corrected chi connectivity index (χ2v) is 6.09. The topological polar surface area (TPSA) is 24.5 Å². The summed E-state index contributed by atoms with van der Waals surface area (Å²) in [5.41, 5.74) is 1.36. The highest BCUT2D eigenvalue weighted by atomic mass is 16.5. The van der Waals surface area contributed by atoms with Crippen LogP contribution in [0.1, 0.15) is 44.7 Å². The summed E-state index contributed by atoms with van der Waals surface area (Å²) < 4.78 is 5.25. The molecule has 0 aromatic heterocycles. The highest BCUT2D eigenvalue weighted by Gasteiger charge is 2.24. The molecule has 0 aliphatic carbocycles. The molecule has 0 saturated carbocycles. The number of benzene rings is 1. The Kier molecular flexibility index (Phi) is 6.52. The minimum Gasteiger partial charge on any atom is -0.497 e. The number of rotatable bonds is 8. The predicted molar refractivity (Wildman–Crippen MR) is 88.9 cm³/mol. The van der Waals surface area contributed by atoms with Gasteiger partial charge in [-0.2, -0.15) is 0 Å². The maximum Gasteiger partial charge on any atom is 0.118 e. The highest BCUT2D eigenvalue weighted by Crippen LogP contribution is 2.24. The van der Waals surface area contributed by atoms with Gasteiger partial charge in [-0.05, 0) is 49.5 Å². The average Bonchev–Trinajstić information content (AvgIpc) is 2.95. The van der Waals surface area contributed by atoms with E-state index < -0.39 is 0 Å². The van der Waals surface area contributed by atoms with Crippen LogP contribution in [0.2, 0.25) is 0 Å². The largest absolute Gasteiger partial charge is 0.497 e. The molecule has 2 unspecified atom stereocenters. The zero-order chi connectivity index (χ0) is 15.1. The van der Waals surface area contributed by atoms with Gasteiger partial charge in [-0.1, -0.05) is 32.4 Å². The molecule has 0 radical (unpaired) electrons. The zero-order valence-corrected chi connectivity index (χ0v) is 13.8. The van der Waals surface area contributed by atoms with Crippen LogP contribution in [0.5, 0.6) is 5.75 Å². The van der Waals surface area contributed by atoms with Gasteiger partial charge in [-0.15, -0.1) is 0 Å². The highest BCUT2D eigenvalue weighted by molar-refractivity contribution is 5.29. The van der Waals surface area contributed by atoms with Crippen LogP contribution >= 0.6 is 0 Å². The fourth-order valence-corrected chi connectivity index (χ4v) is 3.35. The van der Waals surface area contributed by atoms with E-state index >= 15 is 0 Å². The first kappa shape index (κ1) is 16.3. The first-order valence-electron chi connectivity index (χ1n) is 8.36. The maximum atomic E-state index is 5.25. The summed E-state index contributed by atoms with van der Waals surface area (Å²) in [5.74, 6) is 1.84. The van der Waals surface area contributed by atoms with E-state index in [2.05, 4.69) is 48.3 Å². The van der Waals surface area contributed by atoms with Gasteiger partial charge in [0.05, 0.1) is 7.11 Å². The third kappa shape index (κ3) is 4.72. The number of ether oxygens (including phenoxy) is 1. The van der Waals surface area contributed by atoms with E-state index in [4.69, 9.17) is 4.74 Å². The summed E-state index contributed by atoms with van der Waals surface area (Å²) in [6, 6.07) is 8.91. The molecule has 1 aromatic rings. The quantitative estimate of drug-likeness (QED) is 0.793. The van der Waals surface area contributed by atoms with E-state index in [9.17, 15) is 0 Å². The fourth-order valence-electron chi connectivity index (χ4n) is 3.35. The molecule has 1 aliphatic heterocycles. The molecule has 21 heavy (non-hydrogen) atoms. The Bertz CT molecular complexity index is 404. The Balaban J connectivity index is 1.95. The van der Waals surface area contributed by atoms with Crippen molar-refractivity contribution in [2.24, 2.45) is 5.92 Å². The first-order valence-corrected chi connectivity index (χ1v) is 8.36. The van der Waals surface area contributed by atoms with Gasteiger partial charge in [0.2, 0.25) is 0 Å². The Labute approximate surface area is 129 Å². The van der Waals surface area contributed by atoms with Crippen molar-refractivity contribution >= 4 is 0 Å². The van der Waals surface area contributed by atoms with Gasteiger partial charge >= 0.3 is 0 Å². The maximum absolute atomic E-state index is 5.25. The Hall–Kier alpha value is -1.06. The minimum atomic E-state index is 0.418. The lowest BCUT2D eigenvalue weighted by molar-refractivity contribution is 0.281. The van der Waals surface area contributed by atoms with E-state index in [-0.39, 0.29) is 0 Å². The number of nitrogens with zero attached hydrogens (tertiary/aromatic N) is 1. The van der Waals surface area contributed by atoms with Gasteiger partial charge < -0.3 is 15.0 Å². The average molecular weight is 290 g/mol. The van der Waals surface area contributed by atoms with Crippen LogP contribution in [0.15, 0.2) is 24.3 Å². The molecular weight excluding hydrogens is 260 g/mol. The summed E-state index contributed by atoms with van der Waals surface area (Å²) in [6.07, 6.45) is 4.06. The van der Waals surface area contributed by atoms with Crippen LogP contribution < -0.4 is 10.1 Å². The molecule has 0 spiro atoms. The van der Waals surface area contributed by atoms with Crippen LogP contribution in [0.4, 0.5) is 0 Å². The van der Waals surface area contributed by atoms with Gasteiger partial charge in [0, 0.05) is 19.1 Å². The molecular formula is C18H30N2O. The second-order valence-electron chi connectivity index (χ2n) is 6.09. The molecule has 2 rings (SSSR count). The van der Waals surface area contributed by atoms with Gasteiger partial charge in [0.1, 0.15) is 5.75 Å². The van der Waals surface area contributed by atoms with E-state index in [0.29, 0.717) is 6.04 Å². The van der Waals surface area contributed by atoms with Crippen LogP contribution in [0.25, 0.3) is 0 Å². The van der Waals surface area contributed by atoms with Crippen LogP contribution in [0, 0.1) is 5.92 Å². The molecule has 0 bridgehead atoms. The minimum absolute atomic E-state index is 0.418. The van der Waals surface area contributed by atoms with E-state index in [0.717, 1.165) is 24.8 Å². The van der Waals surface area contributed by atoms with Gasteiger partial charge in [-0.25, -0.2) is 0 Å². The smallest absolute Gasteiger partial charge is 0.118 e. The van der Waals surface area contributed by atoms with E-state index in [1.807, 2.05) is 0 Å². The van der Waals surface area contributed by atoms with Gasteiger partial charge in [0.25, 0.3) is 0 Å². The number of hydrogen-bond donors (Lipinski definition) is 1. The molecule has 2 atom stereocenters. The molecule has 1 N–H and O–H groups in total. The van der Waals surface area contributed by atoms with Crippen molar-refractivity contribution < 1.29 is 4.74 Å². The molecule has 1 aromatic carbocycles. The lowest BCUT2D eigenvalue weighted by Crippen LogP contribution is -2.34. The molecule has 3 heteroatoms. The monoisotopic (exact) mass is 290 g/mol. The number of methoxy groups -OCH3 is 1. The van der Waals surface area contributed by atoms with Crippen molar-refractivity contribution in [2.45, 2.75) is 39.2 Å². The second kappa shape index (κ2) is 8.40. The number of nitrogens with one attached hydrogen (secondary N) is 1. The predicted octanol–water partition coefficient (Wildman–Crippen LogP) is 3.47. The third-order valence-electron chi connectivity index (χ3n) is 4.48. The summed E-state index contributed by atoms with van der Waals surface area (Å²) in [7, 11) is 1.72. The SMILES string of the molecule is CCCC1CCN(CC(NCC)c2ccc(OC)cc2)C1. The molecule has 118 valence electrons. The van der Waals surface area contributed by atoms with Crippen molar-refractivity contribution in [1.82, 2.24) is 10.2 Å². The standard InChI is InChI=1S/C18H30N2O/c1-4-6-15-11-12-20(13-15)14-18(19-5-2)16-7-9-17(21-3)10-8-16/h7-10,15,18-19H,4-6,11-14H2,1-3H3. The van der Waals surface area contributed by atoms with Crippen molar-refractivity contribution in [3.63, 3.8) is 0 Å². The summed E-state index contributed by atoms with van der Waals surface area (Å²) >= 11 is 0.